The molecule has 0 aliphatic heterocycles. The summed E-state index contributed by atoms with van der Waals surface area (Å²) in [6.07, 6.45) is 0. The number of aromatic amines is 1. The topological polar surface area (TPSA) is 62.7 Å². The van der Waals surface area contributed by atoms with Gasteiger partial charge >= 0.3 is 5.69 Å². The van der Waals surface area contributed by atoms with Gasteiger partial charge in [-0.15, -0.1) is 5.10 Å². The predicted molar refractivity (Wildman–Crippen MR) is 84.3 cm³/mol. The highest BCUT2D eigenvalue weighted by molar-refractivity contribution is 9.10. The zero-order valence-electron chi connectivity index (χ0n) is 11.6. The van der Waals surface area contributed by atoms with Gasteiger partial charge in [-0.05, 0) is 56.4 Å². The van der Waals surface area contributed by atoms with Gasteiger partial charge in [0.15, 0.2) is 5.16 Å². The van der Waals surface area contributed by atoms with Gasteiger partial charge in [-0.1, -0.05) is 15.9 Å². The summed E-state index contributed by atoms with van der Waals surface area (Å²) in [5, 5.41) is 10.5. The van der Waals surface area contributed by atoms with Crippen LogP contribution in [0.25, 0.3) is 0 Å². The lowest BCUT2D eigenvalue weighted by Crippen LogP contribution is -2.16. The summed E-state index contributed by atoms with van der Waals surface area (Å²) in [5.41, 5.74) is 1.00. The molecule has 108 valence electrons. The molecule has 0 amide bonds. The third-order valence-electron chi connectivity index (χ3n) is 3.11. The molecule has 0 aliphatic rings. The molecule has 5 nitrogen and oxygen atoms in total. The van der Waals surface area contributed by atoms with E-state index in [1.54, 1.807) is 4.57 Å². The van der Waals surface area contributed by atoms with Crippen LogP contribution in [0, 0.1) is 0 Å². The number of aromatic nitrogens is 3. The Morgan fingerprint density at radius 3 is 2.95 bits per heavy atom. The molecule has 20 heavy (non-hydrogen) atoms. The molecule has 1 heterocycles. The summed E-state index contributed by atoms with van der Waals surface area (Å²) in [5.74, 6) is 0. The highest BCUT2D eigenvalue weighted by Gasteiger charge is 2.14. The number of H-pyrrole nitrogens is 1. The van der Waals surface area contributed by atoms with Crippen LogP contribution in [-0.2, 0) is 6.54 Å². The second-order valence-corrected chi connectivity index (χ2v) is 6.27. The van der Waals surface area contributed by atoms with E-state index in [4.69, 9.17) is 0 Å². The predicted octanol–water partition coefficient (Wildman–Crippen LogP) is 2.79. The maximum atomic E-state index is 11.6. The van der Waals surface area contributed by atoms with E-state index < -0.39 is 0 Å². The first-order valence-corrected chi connectivity index (χ1v) is 7.97. The molecule has 1 aromatic heterocycles. The van der Waals surface area contributed by atoms with Gasteiger partial charge in [0.25, 0.3) is 0 Å². The molecule has 0 fully saturated rings. The number of rotatable bonds is 5. The van der Waals surface area contributed by atoms with E-state index in [2.05, 4.69) is 44.4 Å². The van der Waals surface area contributed by atoms with Crippen molar-refractivity contribution in [1.29, 1.82) is 0 Å². The van der Waals surface area contributed by atoms with Crippen molar-refractivity contribution in [1.82, 2.24) is 20.1 Å². The fourth-order valence-electron chi connectivity index (χ4n) is 1.86. The van der Waals surface area contributed by atoms with Crippen molar-refractivity contribution in [3.05, 3.63) is 38.7 Å². The molecule has 1 atom stereocenters. The second kappa shape index (κ2) is 6.60. The van der Waals surface area contributed by atoms with Gasteiger partial charge in [0.2, 0.25) is 0 Å². The van der Waals surface area contributed by atoms with E-state index in [0.717, 1.165) is 9.37 Å². The number of nitrogens with one attached hydrogen (secondary N) is 2. The van der Waals surface area contributed by atoms with Gasteiger partial charge in [0, 0.05) is 22.0 Å². The van der Waals surface area contributed by atoms with Crippen LogP contribution in [0.3, 0.4) is 0 Å². The molecule has 2 aromatic rings. The van der Waals surface area contributed by atoms with E-state index in [0.29, 0.717) is 11.7 Å². The molecule has 0 bridgehead atoms. The number of benzene rings is 1. The zero-order chi connectivity index (χ0) is 14.7. The fourth-order valence-corrected chi connectivity index (χ4v) is 3.34. The van der Waals surface area contributed by atoms with Crippen LogP contribution in [0.15, 0.2) is 37.5 Å². The summed E-state index contributed by atoms with van der Waals surface area (Å²) in [7, 11) is 1.93. The minimum atomic E-state index is -0.171. The summed E-state index contributed by atoms with van der Waals surface area (Å²) in [4.78, 5) is 12.7. The van der Waals surface area contributed by atoms with E-state index in [1.807, 2.05) is 26.1 Å². The van der Waals surface area contributed by atoms with E-state index in [9.17, 15) is 4.79 Å². The third kappa shape index (κ3) is 3.16. The van der Waals surface area contributed by atoms with Crippen LogP contribution in [0.1, 0.15) is 25.5 Å². The Hall–Kier alpha value is -1.05. The molecule has 7 heteroatoms. The number of nitrogens with zero attached hydrogens (tertiary/aromatic N) is 2. The van der Waals surface area contributed by atoms with Crippen molar-refractivity contribution in [2.45, 2.75) is 36.5 Å². The summed E-state index contributed by atoms with van der Waals surface area (Å²) in [6, 6.07) is 6.34. The molecular weight excluding hydrogens is 340 g/mol. The molecule has 2 N–H and O–H groups in total. The monoisotopic (exact) mass is 356 g/mol. The van der Waals surface area contributed by atoms with Gasteiger partial charge in [-0.3, -0.25) is 4.57 Å². The van der Waals surface area contributed by atoms with Crippen LogP contribution < -0.4 is 11.0 Å². The van der Waals surface area contributed by atoms with Crippen molar-refractivity contribution in [3.8, 4) is 0 Å². The van der Waals surface area contributed by atoms with E-state index in [-0.39, 0.29) is 11.7 Å². The molecule has 0 spiro atoms. The number of halogens is 1. The molecule has 0 saturated carbocycles. The minimum Gasteiger partial charge on any atom is -0.313 e. The SMILES string of the molecule is CCn1c(Sc2ccc(Br)cc2C(C)NC)n[nH]c1=O. The average molecular weight is 357 g/mol. The van der Waals surface area contributed by atoms with Crippen molar-refractivity contribution < 1.29 is 0 Å². The Kier molecular flexibility index (Phi) is 5.06. The standard InChI is InChI=1S/C13H17BrN4OS/c1-4-18-12(19)16-17-13(18)20-11-6-5-9(14)7-10(11)8(2)15-3/h5-8,15H,4H2,1-3H3,(H,16,19). The fraction of sp³-hybridized carbons (Fsp3) is 0.385. The summed E-state index contributed by atoms with van der Waals surface area (Å²) in [6.45, 7) is 4.63. The Morgan fingerprint density at radius 1 is 1.55 bits per heavy atom. The maximum absolute atomic E-state index is 11.6. The Balaban J connectivity index is 2.40. The third-order valence-corrected chi connectivity index (χ3v) is 4.69. The average Bonchev–Trinajstić information content (AvgIpc) is 2.80. The highest BCUT2D eigenvalue weighted by Crippen LogP contribution is 2.33. The minimum absolute atomic E-state index is 0.171. The number of hydrogen-bond donors (Lipinski definition) is 2. The van der Waals surface area contributed by atoms with Gasteiger partial charge in [-0.25, -0.2) is 9.89 Å². The molecule has 1 unspecified atom stereocenters. The Bertz CT molecular complexity index is 652. The normalized spacial score (nSPS) is 12.6. The highest BCUT2D eigenvalue weighted by atomic mass is 79.9. The molecule has 0 saturated heterocycles. The van der Waals surface area contributed by atoms with Crippen molar-refractivity contribution in [2.75, 3.05) is 7.05 Å². The lowest BCUT2D eigenvalue weighted by Gasteiger charge is -2.15. The smallest absolute Gasteiger partial charge is 0.313 e. The van der Waals surface area contributed by atoms with Crippen molar-refractivity contribution in [2.24, 2.45) is 0 Å². The van der Waals surface area contributed by atoms with Gasteiger partial charge in [0.05, 0.1) is 0 Å². The van der Waals surface area contributed by atoms with Gasteiger partial charge < -0.3 is 5.32 Å². The van der Waals surface area contributed by atoms with Crippen LogP contribution in [0.5, 0.6) is 0 Å². The maximum Gasteiger partial charge on any atom is 0.343 e. The van der Waals surface area contributed by atoms with Gasteiger partial charge in [0.1, 0.15) is 0 Å². The van der Waals surface area contributed by atoms with Crippen LogP contribution in [-0.4, -0.2) is 21.8 Å². The van der Waals surface area contributed by atoms with Crippen LogP contribution in [0.4, 0.5) is 0 Å². The number of hydrogen-bond acceptors (Lipinski definition) is 4. The Labute approximate surface area is 130 Å². The summed E-state index contributed by atoms with van der Waals surface area (Å²) >= 11 is 5.00. The van der Waals surface area contributed by atoms with E-state index >= 15 is 0 Å². The molecule has 0 aliphatic carbocycles. The lowest BCUT2D eigenvalue weighted by atomic mass is 10.1. The first-order chi connectivity index (χ1) is 9.56. The molecular formula is C13H17BrN4OS. The van der Waals surface area contributed by atoms with Crippen LogP contribution >= 0.6 is 27.7 Å². The zero-order valence-corrected chi connectivity index (χ0v) is 14.0. The quantitative estimate of drug-likeness (QED) is 0.864. The van der Waals surface area contributed by atoms with Gasteiger partial charge in [-0.2, -0.15) is 0 Å². The largest absolute Gasteiger partial charge is 0.343 e. The molecule has 1 aromatic carbocycles. The molecule has 2 rings (SSSR count). The van der Waals surface area contributed by atoms with Crippen molar-refractivity contribution >= 4 is 27.7 Å². The van der Waals surface area contributed by atoms with Crippen LogP contribution in [0.2, 0.25) is 0 Å². The van der Waals surface area contributed by atoms with E-state index in [1.165, 1.54) is 17.3 Å². The lowest BCUT2D eigenvalue weighted by molar-refractivity contribution is 0.638. The summed E-state index contributed by atoms with van der Waals surface area (Å²) < 4.78 is 2.66. The first kappa shape index (κ1) is 15.3. The molecule has 0 radical (unpaired) electrons. The first-order valence-electron chi connectivity index (χ1n) is 6.36. The Morgan fingerprint density at radius 2 is 2.30 bits per heavy atom. The van der Waals surface area contributed by atoms with Crippen molar-refractivity contribution in [3.63, 3.8) is 0 Å². The second-order valence-electron chi connectivity index (χ2n) is 4.35.